The lowest BCUT2D eigenvalue weighted by atomic mass is 9.88. The number of fused-ring (bicyclic) bond motifs is 1. The molecule has 0 bridgehead atoms. The number of aliphatic carboxylic acids is 1. The van der Waals surface area contributed by atoms with Gasteiger partial charge < -0.3 is 20.2 Å². The van der Waals surface area contributed by atoms with Gasteiger partial charge in [-0.1, -0.05) is 66.7 Å². The van der Waals surface area contributed by atoms with Gasteiger partial charge in [0.1, 0.15) is 5.52 Å². The number of nitrogens with zero attached hydrogens (tertiary/aromatic N) is 1. The van der Waals surface area contributed by atoms with Gasteiger partial charge in [0, 0.05) is 17.3 Å². The van der Waals surface area contributed by atoms with Gasteiger partial charge in [-0.05, 0) is 59.5 Å². The molecule has 1 unspecified atom stereocenters. The van der Waals surface area contributed by atoms with Crippen molar-refractivity contribution in [1.82, 2.24) is 4.98 Å². The van der Waals surface area contributed by atoms with Gasteiger partial charge in [0.15, 0.2) is 5.58 Å². The van der Waals surface area contributed by atoms with Crippen LogP contribution in [0, 0.1) is 6.92 Å². The Morgan fingerprint density at radius 3 is 2.45 bits per heavy atom. The van der Waals surface area contributed by atoms with Gasteiger partial charge in [0.25, 0.3) is 6.01 Å². The first-order valence-corrected chi connectivity index (χ1v) is 12.3. The third-order valence-corrected chi connectivity index (χ3v) is 6.36. The predicted molar refractivity (Wildman–Crippen MR) is 148 cm³/mol. The second kappa shape index (κ2) is 11.0. The minimum Gasteiger partial charge on any atom is -0.481 e. The summed E-state index contributed by atoms with van der Waals surface area (Å²) < 4.78 is 5.88. The summed E-state index contributed by atoms with van der Waals surface area (Å²) in [7, 11) is 0. The largest absolute Gasteiger partial charge is 0.481 e. The number of carboxylic acid groups (broad SMARTS) is 1. The molecule has 0 radical (unpaired) electrons. The number of carboxylic acids is 1. The zero-order valence-electron chi connectivity index (χ0n) is 20.8. The van der Waals surface area contributed by atoms with E-state index in [4.69, 9.17) is 4.42 Å². The summed E-state index contributed by atoms with van der Waals surface area (Å²) in [4.78, 5) is 28.9. The maximum absolute atomic E-state index is 12.9. The van der Waals surface area contributed by atoms with Crippen molar-refractivity contribution in [3.63, 3.8) is 0 Å². The lowest BCUT2D eigenvalue weighted by molar-refractivity contribution is -0.137. The Morgan fingerprint density at radius 2 is 1.66 bits per heavy atom. The molecule has 5 aromatic rings. The van der Waals surface area contributed by atoms with Crippen molar-refractivity contribution in [3.8, 4) is 0 Å². The summed E-state index contributed by atoms with van der Waals surface area (Å²) >= 11 is 0. The van der Waals surface area contributed by atoms with E-state index in [-0.39, 0.29) is 24.7 Å². The van der Waals surface area contributed by atoms with Crippen LogP contribution in [-0.4, -0.2) is 22.0 Å². The Hall–Kier alpha value is -4.91. The molecule has 0 saturated carbocycles. The molecule has 5 rings (SSSR count). The maximum atomic E-state index is 12.9. The Morgan fingerprint density at radius 1 is 0.895 bits per heavy atom. The van der Waals surface area contributed by atoms with Crippen LogP contribution in [-0.2, 0) is 16.0 Å². The van der Waals surface area contributed by atoms with Gasteiger partial charge in [0.2, 0.25) is 5.91 Å². The molecule has 0 aliphatic heterocycles. The van der Waals surface area contributed by atoms with E-state index in [2.05, 4.69) is 15.6 Å². The number of carbonyl (C=O) groups excluding carboxylic acids is 1. The van der Waals surface area contributed by atoms with Crippen LogP contribution in [0.2, 0.25) is 0 Å². The highest BCUT2D eigenvalue weighted by Gasteiger charge is 2.18. The SMILES string of the molecule is Cc1ccccc1Nc1nc2ccc(CC(=O)Nc3cccc(C(CC(=O)O)c4ccccc4)c3)cc2o1. The molecule has 0 aliphatic rings. The van der Waals surface area contributed by atoms with Gasteiger partial charge in [-0.3, -0.25) is 9.59 Å². The minimum atomic E-state index is -0.881. The molecule has 4 aromatic carbocycles. The Labute approximate surface area is 220 Å². The van der Waals surface area contributed by atoms with Crippen molar-refractivity contribution in [2.45, 2.75) is 25.7 Å². The van der Waals surface area contributed by atoms with E-state index in [1.54, 1.807) is 6.07 Å². The highest BCUT2D eigenvalue weighted by molar-refractivity contribution is 5.93. The minimum absolute atomic E-state index is 0.0424. The molecule has 1 aromatic heterocycles. The molecule has 0 aliphatic carbocycles. The fourth-order valence-corrected chi connectivity index (χ4v) is 4.47. The molecular formula is C31H27N3O4. The third-order valence-electron chi connectivity index (χ3n) is 6.36. The van der Waals surface area contributed by atoms with Crippen LogP contribution < -0.4 is 10.6 Å². The fourth-order valence-electron chi connectivity index (χ4n) is 4.47. The van der Waals surface area contributed by atoms with Crippen molar-refractivity contribution >= 4 is 40.4 Å². The molecule has 1 amide bonds. The molecule has 3 N–H and O–H groups in total. The van der Waals surface area contributed by atoms with E-state index in [0.29, 0.717) is 22.8 Å². The molecule has 1 heterocycles. The number of amides is 1. The molecule has 7 heteroatoms. The molecule has 0 fully saturated rings. The second-order valence-electron chi connectivity index (χ2n) is 9.17. The average molecular weight is 506 g/mol. The normalized spacial score (nSPS) is 11.7. The van der Waals surface area contributed by atoms with Crippen LogP contribution in [0.15, 0.2) is 101 Å². The fraction of sp³-hybridized carbons (Fsp3) is 0.129. The van der Waals surface area contributed by atoms with Crippen molar-refractivity contribution in [1.29, 1.82) is 0 Å². The topological polar surface area (TPSA) is 104 Å². The average Bonchev–Trinajstić information content (AvgIpc) is 3.31. The summed E-state index contributed by atoms with van der Waals surface area (Å²) in [5.74, 6) is -1.39. The number of nitrogens with one attached hydrogen (secondary N) is 2. The maximum Gasteiger partial charge on any atom is 0.304 e. The van der Waals surface area contributed by atoms with Crippen LogP contribution >= 0.6 is 0 Å². The van der Waals surface area contributed by atoms with Crippen molar-refractivity contribution in [2.75, 3.05) is 10.6 Å². The predicted octanol–water partition coefficient (Wildman–Crippen LogP) is 6.67. The standard InChI is InChI=1S/C31H27N3O4/c1-20-8-5-6-13-26(20)33-31-34-27-15-14-21(16-28(27)38-31)17-29(35)32-24-12-7-11-23(18-24)25(19-30(36)37)22-9-3-2-4-10-22/h2-16,18,25H,17,19H2,1H3,(H,32,35)(H,33,34)(H,36,37). The van der Waals surface area contributed by atoms with E-state index < -0.39 is 5.97 Å². The quantitative estimate of drug-likeness (QED) is 0.207. The number of para-hydroxylation sites is 1. The zero-order chi connectivity index (χ0) is 26.5. The lowest BCUT2D eigenvalue weighted by Crippen LogP contribution is -2.15. The molecular weight excluding hydrogens is 478 g/mol. The number of anilines is 3. The van der Waals surface area contributed by atoms with E-state index in [1.807, 2.05) is 97.9 Å². The smallest absolute Gasteiger partial charge is 0.304 e. The van der Waals surface area contributed by atoms with E-state index in [9.17, 15) is 14.7 Å². The number of rotatable bonds is 9. The Kier molecular flexibility index (Phi) is 7.17. The number of carbonyl (C=O) groups is 2. The number of oxazole rings is 1. The Balaban J connectivity index is 1.29. The van der Waals surface area contributed by atoms with Crippen molar-refractivity contribution in [3.05, 3.63) is 119 Å². The number of hydrogen-bond donors (Lipinski definition) is 3. The number of aromatic nitrogens is 1. The second-order valence-corrected chi connectivity index (χ2v) is 9.17. The number of hydrogen-bond acceptors (Lipinski definition) is 5. The van der Waals surface area contributed by atoms with Crippen LogP contribution in [0.5, 0.6) is 0 Å². The van der Waals surface area contributed by atoms with Gasteiger partial charge >= 0.3 is 5.97 Å². The first-order valence-electron chi connectivity index (χ1n) is 12.3. The van der Waals surface area contributed by atoms with Crippen LogP contribution in [0.25, 0.3) is 11.1 Å². The summed E-state index contributed by atoms with van der Waals surface area (Å²) in [5.41, 5.74) is 6.43. The molecule has 0 spiro atoms. The van der Waals surface area contributed by atoms with Gasteiger partial charge in [-0.25, -0.2) is 0 Å². The summed E-state index contributed by atoms with van der Waals surface area (Å²) in [6.45, 7) is 2.01. The molecule has 190 valence electrons. The van der Waals surface area contributed by atoms with E-state index in [1.165, 1.54) is 0 Å². The molecule has 7 nitrogen and oxygen atoms in total. The first kappa shape index (κ1) is 24.8. The highest BCUT2D eigenvalue weighted by atomic mass is 16.4. The van der Waals surface area contributed by atoms with E-state index >= 15 is 0 Å². The summed E-state index contributed by atoms with van der Waals surface area (Å²) in [5, 5.41) is 15.6. The molecule has 38 heavy (non-hydrogen) atoms. The molecule has 1 atom stereocenters. The lowest BCUT2D eigenvalue weighted by Gasteiger charge is -2.17. The van der Waals surface area contributed by atoms with Gasteiger partial charge in [-0.15, -0.1) is 0 Å². The van der Waals surface area contributed by atoms with E-state index in [0.717, 1.165) is 27.9 Å². The third kappa shape index (κ3) is 5.90. The Bertz CT molecular complexity index is 1590. The van der Waals surface area contributed by atoms with Crippen LogP contribution in [0.3, 0.4) is 0 Å². The van der Waals surface area contributed by atoms with Crippen molar-refractivity contribution < 1.29 is 19.1 Å². The number of aryl methyl sites for hydroxylation is 1. The van der Waals surface area contributed by atoms with Crippen molar-refractivity contribution in [2.24, 2.45) is 0 Å². The summed E-state index contributed by atoms with van der Waals surface area (Å²) in [6.07, 6.45) is 0.109. The zero-order valence-corrected chi connectivity index (χ0v) is 20.8. The highest BCUT2D eigenvalue weighted by Crippen LogP contribution is 2.30. The monoisotopic (exact) mass is 505 g/mol. The van der Waals surface area contributed by atoms with Gasteiger partial charge in [-0.2, -0.15) is 4.98 Å². The molecule has 0 saturated heterocycles. The van der Waals surface area contributed by atoms with Crippen LogP contribution in [0.1, 0.15) is 34.6 Å². The summed E-state index contributed by atoms with van der Waals surface area (Å²) in [6, 6.07) is 30.6. The number of benzene rings is 4. The van der Waals surface area contributed by atoms with Crippen LogP contribution in [0.4, 0.5) is 17.4 Å². The van der Waals surface area contributed by atoms with Gasteiger partial charge in [0.05, 0.1) is 12.8 Å². The first-order chi connectivity index (χ1) is 18.4.